The quantitative estimate of drug-likeness (QED) is 0.777. The van der Waals surface area contributed by atoms with Gasteiger partial charge in [-0.25, -0.2) is 4.98 Å². The average molecular weight is 205 g/mol. The highest BCUT2D eigenvalue weighted by Gasteiger charge is 2.02. The summed E-state index contributed by atoms with van der Waals surface area (Å²) in [5, 5.41) is 5.17. The summed E-state index contributed by atoms with van der Waals surface area (Å²) >= 11 is 1.48. The zero-order chi connectivity index (χ0) is 9.80. The molecule has 14 heavy (non-hydrogen) atoms. The highest BCUT2D eigenvalue weighted by molar-refractivity contribution is 7.13. The predicted molar refractivity (Wildman–Crippen MR) is 55.0 cm³/mol. The Bertz CT molecular complexity index is 427. The number of pyridine rings is 1. The van der Waals surface area contributed by atoms with Gasteiger partial charge >= 0.3 is 0 Å². The molecule has 2 heterocycles. The molecule has 0 aliphatic heterocycles. The van der Waals surface area contributed by atoms with E-state index in [1.54, 1.807) is 17.8 Å². The number of nitrogens with one attached hydrogen (secondary N) is 1. The molecule has 0 radical (unpaired) electrons. The zero-order valence-corrected chi connectivity index (χ0v) is 7.99. The van der Waals surface area contributed by atoms with E-state index in [2.05, 4.69) is 15.3 Å². The van der Waals surface area contributed by atoms with Gasteiger partial charge in [0.15, 0.2) is 0 Å². The van der Waals surface area contributed by atoms with Gasteiger partial charge in [-0.3, -0.25) is 9.78 Å². The molecule has 1 amide bonds. The number of hydrogen-bond donors (Lipinski definition) is 1. The molecule has 4 nitrogen and oxygen atoms in total. The zero-order valence-electron chi connectivity index (χ0n) is 7.18. The lowest BCUT2D eigenvalue weighted by molar-refractivity contribution is -0.105. The van der Waals surface area contributed by atoms with Crippen molar-refractivity contribution in [3.8, 4) is 10.6 Å². The molecule has 70 valence electrons. The van der Waals surface area contributed by atoms with E-state index in [0.29, 0.717) is 12.2 Å². The summed E-state index contributed by atoms with van der Waals surface area (Å²) in [4.78, 5) is 18.3. The Morgan fingerprint density at radius 1 is 1.36 bits per heavy atom. The molecule has 0 spiro atoms. The van der Waals surface area contributed by atoms with Crippen molar-refractivity contribution in [3.63, 3.8) is 0 Å². The number of rotatable bonds is 3. The van der Waals surface area contributed by atoms with Crippen LogP contribution in [-0.2, 0) is 4.79 Å². The van der Waals surface area contributed by atoms with Crippen molar-refractivity contribution in [1.29, 1.82) is 0 Å². The fourth-order valence-electron chi connectivity index (χ4n) is 1.03. The third kappa shape index (κ3) is 1.77. The molecular formula is C9H7N3OS. The molecule has 2 rings (SSSR count). The maximum absolute atomic E-state index is 10.2. The number of amides is 1. The Balaban J connectivity index is 2.29. The summed E-state index contributed by atoms with van der Waals surface area (Å²) in [6.45, 7) is 0. The SMILES string of the molecule is O=CNc1csc(-c2ccncc2)n1. The first-order valence-corrected chi connectivity index (χ1v) is 4.84. The highest BCUT2D eigenvalue weighted by atomic mass is 32.1. The Kier molecular flexibility index (Phi) is 2.51. The molecule has 0 unspecified atom stereocenters. The summed E-state index contributed by atoms with van der Waals surface area (Å²) < 4.78 is 0. The maximum Gasteiger partial charge on any atom is 0.212 e. The molecule has 0 saturated carbocycles. The van der Waals surface area contributed by atoms with Gasteiger partial charge < -0.3 is 5.32 Å². The van der Waals surface area contributed by atoms with Crippen molar-refractivity contribution in [2.75, 3.05) is 5.32 Å². The second-order valence-corrected chi connectivity index (χ2v) is 3.39. The van der Waals surface area contributed by atoms with E-state index in [1.165, 1.54) is 11.3 Å². The van der Waals surface area contributed by atoms with Crippen LogP contribution >= 0.6 is 11.3 Å². The van der Waals surface area contributed by atoms with Gasteiger partial charge in [0.25, 0.3) is 0 Å². The van der Waals surface area contributed by atoms with Crippen molar-refractivity contribution in [2.24, 2.45) is 0 Å². The Morgan fingerprint density at radius 2 is 2.14 bits per heavy atom. The minimum Gasteiger partial charge on any atom is -0.313 e. The molecule has 2 aromatic rings. The van der Waals surface area contributed by atoms with Gasteiger partial charge in [0, 0.05) is 23.3 Å². The van der Waals surface area contributed by atoms with Crippen molar-refractivity contribution >= 4 is 23.6 Å². The van der Waals surface area contributed by atoms with Gasteiger partial charge in [-0.2, -0.15) is 0 Å². The molecule has 0 bridgehead atoms. The first-order valence-electron chi connectivity index (χ1n) is 3.96. The van der Waals surface area contributed by atoms with Gasteiger partial charge in [-0.1, -0.05) is 0 Å². The summed E-state index contributed by atoms with van der Waals surface area (Å²) in [7, 11) is 0. The van der Waals surface area contributed by atoms with Crippen molar-refractivity contribution < 1.29 is 4.79 Å². The molecule has 0 aliphatic carbocycles. The lowest BCUT2D eigenvalue weighted by Gasteiger charge is -1.92. The Labute approximate surface area is 84.6 Å². The van der Waals surface area contributed by atoms with E-state index < -0.39 is 0 Å². The van der Waals surface area contributed by atoms with E-state index in [1.807, 2.05) is 12.1 Å². The second kappa shape index (κ2) is 3.97. The summed E-state index contributed by atoms with van der Waals surface area (Å²) in [6.07, 6.45) is 4.04. The first kappa shape index (κ1) is 8.83. The number of aromatic nitrogens is 2. The molecule has 5 heteroatoms. The molecule has 0 aliphatic rings. The third-order valence-electron chi connectivity index (χ3n) is 1.64. The van der Waals surface area contributed by atoms with E-state index >= 15 is 0 Å². The maximum atomic E-state index is 10.2. The largest absolute Gasteiger partial charge is 0.313 e. The molecule has 0 atom stereocenters. The van der Waals surface area contributed by atoms with E-state index in [-0.39, 0.29) is 0 Å². The van der Waals surface area contributed by atoms with Crippen molar-refractivity contribution in [2.45, 2.75) is 0 Å². The fourth-order valence-corrected chi connectivity index (χ4v) is 1.79. The van der Waals surface area contributed by atoms with E-state index in [0.717, 1.165) is 10.6 Å². The number of carbonyl (C=O) groups is 1. The lowest BCUT2D eigenvalue weighted by atomic mass is 10.3. The van der Waals surface area contributed by atoms with E-state index in [9.17, 15) is 4.79 Å². The molecule has 2 aromatic heterocycles. The van der Waals surface area contributed by atoms with Crippen LogP contribution in [-0.4, -0.2) is 16.4 Å². The highest BCUT2D eigenvalue weighted by Crippen LogP contribution is 2.24. The van der Waals surface area contributed by atoms with Gasteiger partial charge in [-0.05, 0) is 12.1 Å². The predicted octanol–water partition coefficient (Wildman–Crippen LogP) is 1.77. The second-order valence-electron chi connectivity index (χ2n) is 2.54. The monoisotopic (exact) mass is 205 g/mol. The standard InChI is InChI=1S/C9H7N3OS/c13-6-11-8-5-14-9(12-8)7-1-3-10-4-2-7/h1-6H,(H,11,13). The molecule has 0 saturated heterocycles. The van der Waals surface area contributed by atoms with Crippen LogP contribution in [0.2, 0.25) is 0 Å². The van der Waals surface area contributed by atoms with Crippen LogP contribution in [0.3, 0.4) is 0 Å². The van der Waals surface area contributed by atoms with Crippen LogP contribution in [0, 0.1) is 0 Å². The Morgan fingerprint density at radius 3 is 2.86 bits per heavy atom. The normalized spacial score (nSPS) is 9.71. The summed E-state index contributed by atoms with van der Waals surface area (Å²) in [6, 6.07) is 3.76. The van der Waals surface area contributed by atoms with Gasteiger partial charge in [-0.15, -0.1) is 11.3 Å². The third-order valence-corrected chi connectivity index (χ3v) is 2.53. The van der Waals surface area contributed by atoms with Crippen molar-refractivity contribution in [1.82, 2.24) is 9.97 Å². The number of thiazole rings is 1. The number of anilines is 1. The smallest absolute Gasteiger partial charge is 0.212 e. The summed E-state index contributed by atoms with van der Waals surface area (Å²) in [5.41, 5.74) is 1.00. The van der Waals surface area contributed by atoms with Gasteiger partial charge in [0.1, 0.15) is 10.8 Å². The van der Waals surface area contributed by atoms with E-state index in [4.69, 9.17) is 0 Å². The molecule has 0 fully saturated rings. The lowest BCUT2D eigenvalue weighted by Crippen LogP contribution is -1.92. The van der Waals surface area contributed by atoms with Crippen molar-refractivity contribution in [3.05, 3.63) is 29.9 Å². The van der Waals surface area contributed by atoms with Crippen LogP contribution in [0.25, 0.3) is 10.6 Å². The minimum atomic E-state index is 0.580. The van der Waals surface area contributed by atoms with Gasteiger partial charge in [0.2, 0.25) is 6.41 Å². The summed E-state index contributed by atoms with van der Waals surface area (Å²) in [5.74, 6) is 0.580. The van der Waals surface area contributed by atoms with Crippen LogP contribution < -0.4 is 5.32 Å². The molecule has 1 N–H and O–H groups in total. The van der Waals surface area contributed by atoms with Crippen LogP contribution in [0.15, 0.2) is 29.9 Å². The van der Waals surface area contributed by atoms with Crippen LogP contribution in [0.1, 0.15) is 0 Å². The molecule has 0 aromatic carbocycles. The minimum absolute atomic E-state index is 0.580. The average Bonchev–Trinajstić information content (AvgIpc) is 2.68. The molecular weight excluding hydrogens is 198 g/mol. The number of hydrogen-bond acceptors (Lipinski definition) is 4. The van der Waals surface area contributed by atoms with Gasteiger partial charge in [0.05, 0.1) is 0 Å². The van der Waals surface area contributed by atoms with Crippen LogP contribution in [0.4, 0.5) is 5.82 Å². The number of nitrogens with zero attached hydrogens (tertiary/aromatic N) is 2. The number of carbonyl (C=O) groups excluding carboxylic acids is 1. The fraction of sp³-hybridized carbons (Fsp3) is 0. The first-order chi connectivity index (χ1) is 6.90. The van der Waals surface area contributed by atoms with Crippen LogP contribution in [0.5, 0.6) is 0 Å². The topological polar surface area (TPSA) is 54.9 Å². The Hall–Kier alpha value is -1.75.